The normalized spacial score (nSPS) is 23.6. The summed E-state index contributed by atoms with van der Waals surface area (Å²) in [6.45, 7) is 2.48. The zero-order chi connectivity index (χ0) is 12.3. The van der Waals surface area contributed by atoms with Gasteiger partial charge in [0.2, 0.25) is 5.91 Å². The first-order valence-electron chi connectivity index (χ1n) is 5.80. The highest BCUT2D eigenvalue weighted by Crippen LogP contribution is 2.37. The average Bonchev–Trinajstić information content (AvgIpc) is 2.74. The number of rotatable bonds is 3. The molecule has 1 heterocycles. The molecule has 1 aromatic rings. The van der Waals surface area contributed by atoms with Crippen LogP contribution in [-0.4, -0.2) is 21.5 Å². The topological polar surface area (TPSA) is 49.3 Å². The molecule has 92 valence electrons. The van der Waals surface area contributed by atoms with Gasteiger partial charge in [0.05, 0.1) is 4.75 Å². The van der Waals surface area contributed by atoms with Crippen molar-refractivity contribution in [3.63, 3.8) is 0 Å². The van der Waals surface area contributed by atoms with E-state index >= 15 is 0 Å². The molecule has 0 radical (unpaired) electrons. The molecular formula is C13H17NO2S. The van der Waals surface area contributed by atoms with E-state index in [4.69, 9.17) is 0 Å². The van der Waals surface area contributed by atoms with Crippen LogP contribution in [0.25, 0.3) is 0 Å². The largest absolute Gasteiger partial charge is 0.508 e. The van der Waals surface area contributed by atoms with Gasteiger partial charge in [-0.15, -0.1) is 11.8 Å². The molecule has 1 unspecified atom stereocenters. The Bertz CT molecular complexity index is 414. The van der Waals surface area contributed by atoms with Gasteiger partial charge in [-0.3, -0.25) is 4.79 Å². The van der Waals surface area contributed by atoms with E-state index in [2.05, 4.69) is 5.32 Å². The highest BCUT2D eigenvalue weighted by molar-refractivity contribution is 8.01. The fourth-order valence-electron chi connectivity index (χ4n) is 1.99. The maximum absolute atomic E-state index is 12.0. The van der Waals surface area contributed by atoms with Crippen molar-refractivity contribution in [2.75, 3.05) is 5.75 Å². The predicted octanol–water partition coefficient (Wildman–Crippen LogP) is 2.29. The summed E-state index contributed by atoms with van der Waals surface area (Å²) in [6.07, 6.45) is 2.06. The van der Waals surface area contributed by atoms with Crippen LogP contribution in [0.5, 0.6) is 5.75 Å². The highest BCUT2D eigenvalue weighted by Gasteiger charge is 2.36. The second-order valence-electron chi connectivity index (χ2n) is 4.54. The Kier molecular flexibility index (Phi) is 3.62. The molecule has 17 heavy (non-hydrogen) atoms. The van der Waals surface area contributed by atoms with Crippen LogP contribution in [0.3, 0.4) is 0 Å². The van der Waals surface area contributed by atoms with Crippen LogP contribution in [0.4, 0.5) is 0 Å². The minimum absolute atomic E-state index is 0.100. The van der Waals surface area contributed by atoms with E-state index < -0.39 is 0 Å². The third-order valence-corrected chi connectivity index (χ3v) is 4.58. The standard InChI is InChI=1S/C13H17NO2S/c1-13(6-3-7-17-13)12(16)14-9-10-4-2-5-11(15)8-10/h2,4-5,8,15H,3,6-7,9H2,1H3,(H,14,16). The van der Waals surface area contributed by atoms with Gasteiger partial charge in [-0.25, -0.2) is 0 Å². The molecule has 3 nitrogen and oxygen atoms in total. The Labute approximate surface area is 106 Å². The van der Waals surface area contributed by atoms with Crippen molar-refractivity contribution in [3.8, 4) is 5.75 Å². The van der Waals surface area contributed by atoms with Crippen molar-refractivity contribution in [1.29, 1.82) is 0 Å². The Balaban J connectivity index is 1.92. The summed E-state index contributed by atoms with van der Waals surface area (Å²) in [5.74, 6) is 1.40. The summed E-state index contributed by atoms with van der Waals surface area (Å²) >= 11 is 1.73. The lowest BCUT2D eigenvalue weighted by Gasteiger charge is -2.21. The van der Waals surface area contributed by atoms with Crippen molar-refractivity contribution in [2.45, 2.75) is 31.1 Å². The molecule has 0 aliphatic carbocycles. The Hall–Kier alpha value is -1.16. The summed E-state index contributed by atoms with van der Waals surface area (Å²) in [6, 6.07) is 6.97. The number of aromatic hydroxyl groups is 1. The molecule has 1 atom stereocenters. The molecule has 4 heteroatoms. The lowest BCUT2D eigenvalue weighted by molar-refractivity contribution is -0.123. The maximum Gasteiger partial charge on any atom is 0.236 e. The SMILES string of the molecule is CC1(C(=O)NCc2cccc(O)c2)CCCS1. The highest BCUT2D eigenvalue weighted by atomic mass is 32.2. The number of phenolic OH excluding ortho intramolecular Hbond substituents is 1. The number of nitrogens with one attached hydrogen (secondary N) is 1. The average molecular weight is 251 g/mol. The van der Waals surface area contributed by atoms with Crippen molar-refractivity contribution in [1.82, 2.24) is 5.32 Å². The summed E-state index contributed by atoms with van der Waals surface area (Å²) in [5.41, 5.74) is 0.921. The fraction of sp³-hybridized carbons (Fsp3) is 0.462. The molecule has 0 saturated carbocycles. The molecule has 1 aromatic carbocycles. The number of thioether (sulfide) groups is 1. The first-order valence-corrected chi connectivity index (χ1v) is 6.79. The third-order valence-electron chi connectivity index (χ3n) is 3.06. The lowest BCUT2D eigenvalue weighted by atomic mass is 10.0. The van der Waals surface area contributed by atoms with Gasteiger partial charge in [0.1, 0.15) is 5.75 Å². The van der Waals surface area contributed by atoms with E-state index in [1.54, 1.807) is 30.0 Å². The molecule has 2 rings (SSSR count). The fourth-order valence-corrected chi connectivity index (χ4v) is 3.23. The Morgan fingerprint density at radius 3 is 3.06 bits per heavy atom. The zero-order valence-electron chi connectivity index (χ0n) is 9.90. The molecule has 0 bridgehead atoms. The summed E-state index contributed by atoms with van der Waals surface area (Å²) in [7, 11) is 0. The van der Waals surface area contributed by atoms with Gasteiger partial charge in [-0.05, 0) is 43.2 Å². The third kappa shape index (κ3) is 2.94. The van der Waals surface area contributed by atoms with Crippen LogP contribution in [0.15, 0.2) is 24.3 Å². The molecule has 1 aliphatic rings. The monoisotopic (exact) mass is 251 g/mol. The second-order valence-corrected chi connectivity index (χ2v) is 6.13. The van der Waals surface area contributed by atoms with E-state index in [9.17, 15) is 9.90 Å². The van der Waals surface area contributed by atoms with Crippen molar-refractivity contribution >= 4 is 17.7 Å². The van der Waals surface area contributed by atoms with E-state index in [1.165, 1.54) is 0 Å². The molecule has 1 saturated heterocycles. The van der Waals surface area contributed by atoms with Crippen LogP contribution in [0, 0.1) is 0 Å². The zero-order valence-corrected chi connectivity index (χ0v) is 10.7. The van der Waals surface area contributed by atoms with Crippen molar-refractivity contribution in [3.05, 3.63) is 29.8 Å². The predicted molar refractivity (Wildman–Crippen MR) is 70.1 cm³/mol. The van der Waals surface area contributed by atoms with Gasteiger partial charge in [0.15, 0.2) is 0 Å². The Morgan fingerprint density at radius 2 is 2.41 bits per heavy atom. The Morgan fingerprint density at radius 1 is 1.59 bits per heavy atom. The van der Waals surface area contributed by atoms with E-state index in [1.807, 2.05) is 13.0 Å². The molecule has 0 spiro atoms. The van der Waals surface area contributed by atoms with Crippen LogP contribution < -0.4 is 5.32 Å². The summed E-state index contributed by atoms with van der Waals surface area (Å²) in [4.78, 5) is 12.0. The number of carbonyl (C=O) groups is 1. The van der Waals surface area contributed by atoms with Crippen LogP contribution in [0.1, 0.15) is 25.3 Å². The van der Waals surface area contributed by atoms with E-state index in [0.29, 0.717) is 6.54 Å². The number of benzene rings is 1. The number of hydrogen-bond acceptors (Lipinski definition) is 3. The first-order chi connectivity index (χ1) is 8.10. The molecule has 1 amide bonds. The van der Waals surface area contributed by atoms with Crippen LogP contribution >= 0.6 is 11.8 Å². The quantitative estimate of drug-likeness (QED) is 0.866. The molecular weight excluding hydrogens is 234 g/mol. The maximum atomic E-state index is 12.0. The van der Waals surface area contributed by atoms with Gasteiger partial charge >= 0.3 is 0 Å². The van der Waals surface area contributed by atoms with Gasteiger partial charge < -0.3 is 10.4 Å². The van der Waals surface area contributed by atoms with Gasteiger partial charge in [0, 0.05) is 6.54 Å². The van der Waals surface area contributed by atoms with Crippen LogP contribution in [0.2, 0.25) is 0 Å². The molecule has 0 aromatic heterocycles. The molecule has 1 aliphatic heterocycles. The molecule has 1 fully saturated rings. The second kappa shape index (κ2) is 5.00. The summed E-state index contributed by atoms with van der Waals surface area (Å²) < 4.78 is -0.267. The first kappa shape index (κ1) is 12.3. The van der Waals surface area contributed by atoms with Gasteiger partial charge in [0.25, 0.3) is 0 Å². The molecule has 2 N–H and O–H groups in total. The number of carbonyl (C=O) groups excluding carboxylic acids is 1. The smallest absolute Gasteiger partial charge is 0.236 e. The number of amides is 1. The van der Waals surface area contributed by atoms with E-state index in [-0.39, 0.29) is 16.4 Å². The van der Waals surface area contributed by atoms with Gasteiger partial charge in [-0.1, -0.05) is 12.1 Å². The number of hydrogen-bond donors (Lipinski definition) is 2. The van der Waals surface area contributed by atoms with Crippen molar-refractivity contribution < 1.29 is 9.90 Å². The lowest BCUT2D eigenvalue weighted by Crippen LogP contribution is -2.39. The summed E-state index contributed by atoms with van der Waals surface area (Å²) in [5, 5.41) is 12.3. The van der Waals surface area contributed by atoms with Crippen LogP contribution in [-0.2, 0) is 11.3 Å². The van der Waals surface area contributed by atoms with Crippen molar-refractivity contribution in [2.24, 2.45) is 0 Å². The minimum atomic E-state index is -0.267. The minimum Gasteiger partial charge on any atom is -0.508 e. The van der Waals surface area contributed by atoms with E-state index in [0.717, 1.165) is 24.2 Å². The van der Waals surface area contributed by atoms with Gasteiger partial charge in [-0.2, -0.15) is 0 Å². The number of phenols is 1.